The molecule has 5 unspecified atom stereocenters. The lowest BCUT2D eigenvalue weighted by molar-refractivity contribution is -0.134. The Hall–Kier alpha value is -0.120. The van der Waals surface area contributed by atoms with Crippen LogP contribution in [0.25, 0.3) is 0 Å². The molecule has 5 atom stereocenters. The lowest BCUT2D eigenvalue weighted by Gasteiger charge is -2.46. The molecular weight excluding hydrogens is 226 g/mol. The van der Waals surface area contributed by atoms with Gasteiger partial charge in [0, 0.05) is 25.8 Å². The van der Waals surface area contributed by atoms with Crippen LogP contribution in [0.3, 0.4) is 0 Å². The van der Waals surface area contributed by atoms with Gasteiger partial charge in [-0.25, -0.2) is 0 Å². The molecule has 0 amide bonds. The molecule has 1 N–H and O–H groups in total. The molecule has 0 spiro atoms. The minimum absolute atomic E-state index is 0.256. The van der Waals surface area contributed by atoms with Crippen molar-refractivity contribution in [2.45, 2.75) is 76.7 Å². The van der Waals surface area contributed by atoms with Crippen molar-refractivity contribution < 1.29 is 9.47 Å². The summed E-state index contributed by atoms with van der Waals surface area (Å²) in [7, 11) is 1.81. The monoisotopic (exact) mass is 255 g/mol. The molecule has 2 fully saturated rings. The Bertz CT molecular complexity index is 247. The van der Waals surface area contributed by atoms with E-state index in [4.69, 9.17) is 9.47 Å². The van der Waals surface area contributed by atoms with Crippen molar-refractivity contribution in [3.05, 3.63) is 0 Å². The number of methoxy groups -OCH3 is 1. The van der Waals surface area contributed by atoms with Crippen LogP contribution in [0, 0.1) is 5.92 Å². The Labute approximate surface area is 112 Å². The van der Waals surface area contributed by atoms with Crippen LogP contribution in [0.2, 0.25) is 0 Å². The van der Waals surface area contributed by atoms with Crippen LogP contribution in [0.4, 0.5) is 0 Å². The number of hydrogen-bond acceptors (Lipinski definition) is 3. The molecule has 0 bridgehead atoms. The van der Waals surface area contributed by atoms with Crippen molar-refractivity contribution in [3.63, 3.8) is 0 Å². The number of ether oxygens (including phenoxy) is 2. The summed E-state index contributed by atoms with van der Waals surface area (Å²) in [6.07, 6.45) is 8.50. The molecule has 0 aromatic rings. The summed E-state index contributed by atoms with van der Waals surface area (Å²) < 4.78 is 11.2. The van der Waals surface area contributed by atoms with Gasteiger partial charge in [0.15, 0.2) is 0 Å². The van der Waals surface area contributed by atoms with Crippen molar-refractivity contribution in [1.29, 1.82) is 0 Å². The summed E-state index contributed by atoms with van der Waals surface area (Å²) >= 11 is 0. The molecule has 0 aromatic heterocycles. The van der Waals surface area contributed by atoms with Gasteiger partial charge in [-0.1, -0.05) is 26.2 Å². The predicted octanol–water partition coefficient (Wildman–Crippen LogP) is 2.74. The van der Waals surface area contributed by atoms with Crippen LogP contribution in [-0.4, -0.2) is 38.0 Å². The first-order valence-electron chi connectivity index (χ1n) is 7.68. The highest BCUT2D eigenvalue weighted by atomic mass is 16.5. The van der Waals surface area contributed by atoms with Crippen LogP contribution < -0.4 is 5.32 Å². The van der Waals surface area contributed by atoms with Gasteiger partial charge in [0.25, 0.3) is 0 Å². The van der Waals surface area contributed by atoms with E-state index >= 15 is 0 Å². The first kappa shape index (κ1) is 14.3. The molecule has 18 heavy (non-hydrogen) atoms. The smallest absolute Gasteiger partial charge is 0.0986 e. The quantitative estimate of drug-likeness (QED) is 0.791. The van der Waals surface area contributed by atoms with Crippen LogP contribution in [0.5, 0.6) is 0 Å². The lowest BCUT2D eigenvalue weighted by atomic mass is 9.80. The molecular formula is C15H29NO2. The SMILES string of the molecule is CCOC1CC(NC2CCCC(CC)C2)C1OC. The van der Waals surface area contributed by atoms with Crippen LogP contribution in [0.1, 0.15) is 52.4 Å². The molecule has 0 radical (unpaired) electrons. The summed E-state index contributed by atoms with van der Waals surface area (Å²) in [5.41, 5.74) is 0. The van der Waals surface area contributed by atoms with Gasteiger partial charge in [0.05, 0.1) is 12.2 Å². The molecule has 2 saturated carbocycles. The average molecular weight is 255 g/mol. The molecule has 3 nitrogen and oxygen atoms in total. The van der Waals surface area contributed by atoms with Gasteiger partial charge in [-0.3, -0.25) is 0 Å². The van der Waals surface area contributed by atoms with Crippen LogP contribution in [-0.2, 0) is 9.47 Å². The number of hydrogen-bond donors (Lipinski definition) is 1. The van der Waals surface area contributed by atoms with Gasteiger partial charge >= 0.3 is 0 Å². The lowest BCUT2D eigenvalue weighted by Crippen LogP contribution is -2.62. The zero-order valence-corrected chi connectivity index (χ0v) is 12.2. The summed E-state index contributed by atoms with van der Waals surface area (Å²) in [6, 6.07) is 1.21. The molecule has 3 heteroatoms. The number of rotatable bonds is 6. The Morgan fingerprint density at radius 2 is 2.00 bits per heavy atom. The van der Waals surface area contributed by atoms with Crippen molar-refractivity contribution in [1.82, 2.24) is 5.32 Å². The Morgan fingerprint density at radius 1 is 1.17 bits per heavy atom. The fourth-order valence-electron chi connectivity index (χ4n) is 3.55. The second kappa shape index (κ2) is 6.88. The minimum atomic E-state index is 0.256. The zero-order chi connectivity index (χ0) is 13.0. The predicted molar refractivity (Wildman–Crippen MR) is 73.8 cm³/mol. The third kappa shape index (κ3) is 3.25. The van der Waals surface area contributed by atoms with Gasteiger partial charge in [0.1, 0.15) is 0 Å². The summed E-state index contributed by atoms with van der Waals surface area (Å²) in [6.45, 7) is 5.17. The van der Waals surface area contributed by atoms with E-state index < -0.39 is 0 Å². The van der Waals surface area contributed by atoms with E-state index in [1.165, 1.54) is 32.1 Å². The van der Waals surface area contributed by atoms with E-state index in [0.717, 1.165) is 18.9 Å². The van der Waals surface area contributed by atoms with Crippen molar-refractivity contribution in [3.8, 4) is 0 Å². The Kier molecular flexibility index (Phi) is 5.46. The fourth-order valence-corrected chi connectivity index (χ4v) is 3.55. The first-order valence-corrected chi connectivity index (χ1v) is 7.68. The van der Waals surface area contributed by atoms with Gasteiger partial charge < -0.3 is 14.8 Å². The molecule has 0 aromatic carbocycles. The molecule has 2 aliphatic carbocycles. The highest BCUT2D eigenvalue weighted by molar-refractivity contribution is 4.99. The van der Waals surface area contributed by atoms with E-state index in [1.807, 2.05) is 0 Å². The summed E-state index contributed by atoms with van der Waals surface area (Å²) in [5, 5.41) is 3.80. The van der Waals surface area contributed by atoms with Crippen LogP contribution >= 0.6 is 0 Å². The minimum Gasteiger partial charge on any atom is -0.377 e. The second-order valence-corrected chi connectivity index (χ2v) is 5.84. The van der Waals surface area contributed by atoms with Gasteiger partial charge in [-0.05, 0) is 32.1 Å². The normalized spacial score (nSPS) is 40.5. The van der Waals surface area contributed by atoms with Gasteiger partial charge in [-0.15, -0.1) is 0 Å². The topological polar surface area (TPSA) is 30.5 Å². The van der Waals surface area contributed by atoms with Crippen LogP contribution in [0.15, 0.2) is 0 Å². The largest absolute Gasteiger partial charge is 0.377 e. The van der Waals surface area contributed by atoms with E-state index in [0.29, 0.717) is 18.2 Å². The maximum atomic E-state index is 5.68. The van der Waals surface area contributed by atoms with Crippen molar-refractivity contribution in [2.24, 2.45) is 5.92 Å². The average Bonchev–Trinajstić information content (AvgIpc) is 2.38. The maximum absolute atomic E-state index is 5.68. The zero-order valence-electron chi connectivity index (χ0n) is 12.2. The van der Waals surface area contributed by atoms with E-state index in [2.05, 4.69) is 19.2 Å². The Morgan fingerprint density at radius 3 is 2.67 bits per heavy atom. The third-order valence-corrected chi connectivity index (χ3v) is 4.71. The molecule has 2 aliphatic rings. The van der Waals surface area contributed by atoms with Gasteiger partial charge in [-0.2, -0.15) is 0 Å². The molecule has 106 valence electrons. The highest BCUT2D eigenvalue weighted by Gasteiger charge is 2.43. The Balaban J connectivity index is 1.76. The van der Waals surface area contributed by atoms with Gasteiger partial charge in [0.2, 0.25) is 0 Å². The van der Waals surface area contributed by atoms with Crippen molar-refractivity contribution in [2.75, 3.05) is 13.7 Å². The summed E-state index contributed by atoms with van der Waals surface area (Å²) in [4.78, 5) is 0. The van der Waals surface area contributed by atoms with E-state index in [1.54, 1.807) is 7.11 Å². The first-order chi connectivity index (χ1) is 8.78. The second-order valence-electron chi connectivity index (χ2n) is 5.84. The molecule has 0 saturated heterocycles. The molecule has 0 heterocycles. The van der Waals surface area contributed by atoms with E-state index in [9.17, 15) is 0 Å². The van der Waals surface area contributed by atoms with E-state index in [-0.39, 0.29) is 6.10 Å². The molecule has 2 rings (SSSR count). The molecule has 0 aliphatic heterocycles. The maximum Gasteiger partial charge on any atom is 0.0986 e. The third-order valence-electron chi connectivity index (χ3n) is 4.71. The highest BCUT2D eigenvalue weighted by Crippen LogP contribution is 2.31. The standard InChI is InChI=1S/C15H29NO2/c1-4-11-7-6-8-12(9-11)16-13-10-14(18-5-2)15(13)17-3/h11-16H,4-10H2,1-3H3. The fraction of sp³-hybridized carbons (Fsp3) is 1.00. The number of nitrogens with one attached hydrogen (secondary N) is 1. The summed E-state index contributed by atoms with van der Waals surface area (Å²) in [5.74, 6) is 0.931. The van der Waals surface area contributed by atoms with Crippen molar-refractivity contribution >= 4 is 0 Å².